The fourth-order valence-electron chi connectivity index (χ4n) is 2.45. The number of phenolic OH excluding ortho intramolecular Hbond substituents is 2. The van der Waals surface area contributed by atoms with Crippen LogP contribution < -0.4 is 10.2 Å². The van der Waals surface area contributed by atoms with Crippen LogP contribution in [0.25, 0.3) is 0 Å². The summed E-state index contributed by atoms with van der Waals surface area (Å²) in [7, 11) is 0. The molecule has 0 heterocycles. The Hall–Kier alpha value is -3.39. The molecule has 3 aromatic rings. The minimum Gasteiger partial charge on any atom is -0.508 e. The monoisotopic (exact) mass is 458 g/mol. The van der Waals surface area contributed by atoms with Crippen molar-refractivity contribution < 1.29 is 24.1 Å². The molecule has 1 amide bonds. The minimum atomic E-state index is -0.696. The lowest BCUT2D eigenvalue weighted by atomic mass is 10.2. The lowest BCUT2D eigenvalue weighted by molar-refractivity contribution is 0.0952. The highest BCUT2D eigenvalue weighted by Crippen LogP contribution is 2.24. The van der Waals surface area contributed by atoms with Crippen LogP contribution in [0.4, 0.5) is 4.39 Å². The summed E-state index contributed by atoms with van der Waals surface area (Å²) in [6.45, 7) is 0.0265. The standard InChI is InChI=1S/C21H16BrFN2O4/c22-15-5-8-20(29-12-13-3-1-2-4-18(13)23)14(9-15)11-24-25-21(28)17-10-16(26)6-7-19(17)27/h1-11,26-27H,12H2,(H,25,28)/b24-11-. The van der Waals surface area contributed by atoms with E-state index < -0.39 is 5.91 Å². The molecule has 3 N–H and O–H groups in total. The quantitative estimate of drug-likeness (QED) is 0.291. The Morgan fingerprint density at radius 3 is 2.72 bits per heavy atom. The molecule has 0 radical (unpaired) electrons. The van der Waals surface area contributed by atoms with Crippen molar-refractivity contribution in [1.82, 2.24) is 5.43 Å². The van der Waals surface area contributed by atoms with Gasteiger partial charge in [-0.2, -0.15) is 5.10 Å². The largest absolute Gasteiger partial charge is 0.508 e. The third kappa shape index (κ3) is 5.32. The first kappa shape index (κ1) is 20.3. The first-order valence-electron chi connectivity index (χ1n) is 8.45. The molecule has 0 aliphatic carbocycles. The summed E-state index contributed by atoms with van der Waals surface area (Å²) < 4.78 is 20.2. The van der Waals surface area contributed by atoms with Crippen LogP contribution in [-0.2, 0) is 6.61 Å². The Morgan fingerprint density at radius 1 is 1.14 bits per heavy atom. The van der Waals surface area contributed by atoms with Crippen LogP contribution in [0.2, 0.25) is 0 Å². The average molecular weight is 459 g/mol. The number of rotatable bonds is 6. The van der Waals surface area contributed by atoms with Crippen LogP contribution in [0.1, 0.15) is 21.5 Å². The van der Waals surface area contributed by atoms with Crippen molar-refractivity contribution in [2.24, 2.45) is 5.10 Å². The molecule has 0 unspecified atom stereocenters. The fraction of sp³-hybridized carbons (Fsp3) is 0.0476. The number of carbonyl (C=O) groups is 1. The van der Waals surface area contributed by atoms with Crippen LogP contribution in [-0.4, -0.2) is 22.3 Å². The number of nitrogens with one attached hydrogen (secondary N) is 1. The van der Waals surface area contributed by atoms with Crippen molar-refractivity contribution in [3.05, 3.63) is 87.6 Å². The van der Waals surface area contributed by atoms with Gasteiger partial charge in [0.25, 0.3) is 5.91 Å². The predicted octanol–water partition coefficient (Wildman–Crippen LogP) is 4.34. The molecule has 8 heteroatoms. The van der Waals surface area contributed by atoms with Gasteiger partial charge in [-0.15, -0.1) is 0 Å². The Morgan fingerprint density at radius 2 is 1.93 bits per heavy atom. The molecule has 0 saturated heterocycles. The Labute approximate surface area is 174 Å². The van der Waals surface area contributed by atoms with Gasteiger partial charge < -0.3 is 14.9 Å². The van der Waals surface area contributed by atoms with E-state index in [0.29, 0.717) is 16.9 Å². The van der Waals surface area contributed by atoms with E-state index in [0.717, 1.165) is 10.5 Å². The number of nitrogens with zero attached hydrogens (tertiary/aromatic N) is 1. The van der Waals surface area contributed by atoms with Crippen molar-refractivity contribution >= 4 is 28.1 Å². The molecular weight excluding hydrogens is 443 g/mol. The summed E-state index contributed by atoms with van der Waals surface area (Å²) in [5.41, 5.74) is 3.10. The van der Waals surface area contributed by atoms with Gasteiger partial charge in [0.2, 0.25) is 0 Å². The number of halogens is 2. The van der Waals surface area contributed by atoms with Crippen molar-refractivity contribution in [3.8, 4) is 17.2 Å². The van der Waals surface area contributed by atoms with Gasteiger partial charge in [0.05, 0.1) is 11.8 Å². The Bertz CT molecular complexity index is 1070. The van der Waals surface area contributed by atoms with Gasteiger partial charge >= 0.3 is 0 Å². The number of phenols is 2. The van der Waals surface area contributed by atoms with Crippen molar-refractivity contribution in [1.29, 1.82) is 0 Å². The van der Waals surface area contributed by atoms with Crippen LogP contribution in [0, 0.1) is 5.82 Å². The summed E-state index contributed by atoms with van der Waals surface area (Å²) in [5, 5.41) is 23.0. The van der Waals surface area contributed by atoms with Crippen LogP contribution in [0.3, 0.4) is 0 Å². The predicted molar refractivity (Wildman–Crippen MR) is 110 cm³/mol. The zero-order chi connectivity index (χ0) is 20.8. The molecule has 3 rings (SSSR count). The maximum absolute atomic E-state index is 13.8. The third-order valence-corrected chi connectivity index (χ3v) is 4.40. The molecule has 0 atom stereocenters. The summed E-state index contributed by atoms with van der Waals surface area (Å²) in [6.07, 6.45) is 1.36. The lowest BCUT2D eigenvalue weighted by Crippen LogP contribution is -2.17. The molecule has 0 aromatic heterocycles. The van der Waals surface area contributed by atoms with E-state index in [4.69, 9.17) is 4.74 Å². The van der Waals surface area contributed by atoms with E-state index in [9.17, 15) is 19.4 Å². The van der Waals surface area contributed by atoms with E-state index in [1.807, 2.05) is 0 Å². The molecule has 3 aromatic carbocycles. The number of carbonyl (C=O) groups excluding carboxylic acids is 1. The second kappa shape index (κ2) is 9.20. The molecule has 0 aliphatic rings. The van der Waals surface area contributed by atoms with E-state index in [1.165, 1.54) is 24.4 Å². The molecule has 29 heavy (non-hydrogen) atoms. The lowest BCUT2D eigenvalue weighted by Gasteiger charge is -2.10. The molecular formula is C21H16BrFN2O4. The first-order chi connectivity index (χ1) is 13.9. The Kier molecular flexibility index (Phi) is 6.46. The van der Waals surface area contributed by atoms with Crippen LogP contribution in [0.15, 0.2) is 70.2 Å². The normalized spacial score (nSPS) is 10.8. The van der Waals surface area contributed by atoms with Gasteiger partial charge in [0.1, 0.15) is 29.7 Å². The van der Waals surface area contributed by atoms with Gasteiger partial charge in [-0.05, 0) is 42.5 Å². The van der Waals surface area contributed by atoms with E-state index in [1.54, 1.807) is 36.4 Å². The van der Waals surface area contributed by atoms with Crippen molar-refractivity contribution in [3.63, 3.8) is 0 Å². The topological polar surface area (TPSA) is 91.2 Å². The molecule has 0 fully saturated rings. The number of benzene rings is 3. The van der Waals surface area contributed by atoms with Gasteiger partial charge in [-0.25, -0.2) is 9.82 Å². The van der Waals surface area contributed by atoms with Gasteiger partial charge in [-0.3, -0.25) is 4.79 Å². The number of ether oxygens (including phenoxy) is 1. The van der Waals surface area contributed by atoms with E-state index in [2.05, 4.69) is 26.5 Å². The molecule has 0 saturated carbocycles. The molecule has 0 aliphatic heterocycles. The molecule has 6 nitrogen and oxygen atoms in total. The van der Waals surface area contributed by atoms with Crippen molar-refractivity contribution in [2.45, 2.75) is 6.61 Å². The van der Waals surface area contributed by atoms with Crippen molar-refractivity contribution in [2.75, 3.05) is 0 Å². The van der Waals surface area contributed by atoms with Crippen LogP contribution in [0.5, 0.6) is 17.2 Å². The maximum atomic E-state index is 13.8. The number of hydrogen-bond acceptors (Lipinski definition) is 5. The van der Waals surface area contributed by atoms with E-state index >= 15 is 0 Å². The first-order valence-corrected chi connectivity index (χ1v) is 9.24. The summed E-state index contributed by atoms with van der Waals surface area (Å²) >= 11 is 3.35. The SMILES string of the molecule is O=C(N/N=C\c1cc(Br)ccc1OCc1ccccc1F)c1cc(O)ccc1O. The third-order valence-electron chi connectivity index (χ3n) is 3.91. The number of hydrazone groups is 1. The Balaban J connectivity index is 1.73. The highest BCUT2D eigenvalue weighted by atomic mass is 79.9. The van der Waals surface area contributed by atoms with Gasteiger partial charge in [0, 0.05) is 15.6 Å². The zero-order valence-electron chi connectivity index (χ0n) is 15.0. The molecule has 0 bridgehead atoms. The highest BCUT2D eigenvalue weighted by Gasteiger charge is 2.11. The van der Waals surface area contributed by atoms with E-state index in [-0.39, 0.29) is 29.5 Å². The zero-order valence-corrected chi connectivity index (χ0v) is 16.6. The minimum absolute atomic E-state index is 0.0265. The van der Waals surface area contributed by atoms with Gasteiger partial charge in [-0.1, -0.05) is 34.1 Å². The summed E-state index contributed by atoms with van der Waals surface area (Å²) in [4.78, 5) is 12.1. The molecule has 0 spiro atoms. The maximum Gasteiger partial charge on any atom is 0.275 e. The average Bonchev–Trinajstić information content (AvgIpc) is 2.70. The second-order valence-electron chi connectivity index (χ2n) is 5.96. The van der Waals surface area contributed by atoms with Crippen LogP contribution >= 0.6 is 15.9 Å². The highest BCUT2D eigenvalue weighted by molar-refractivity contribution is 9.10. The number of aromatic hydroxyl groups is 2. The summed E-state index contributed by atoms with van der Waals surface area (Å²) in [5.74, 6) is -1.06. The number of hydrogen-bond donors (Lipinski definition) is 3. The number of amides is 1. The smallest absolute Gasteiger partial charge is 0.275 e. The molecule has 148 valence electrons. The van der Waals surface area contributed by atoms with Gasteiger partial charge in [0.15, 0.2) is 0 Å². The second-order valence-corrected chi connectivity index (χ2v) is 6.88. The summed E-state index contributed by atoms with van der Waals surface area (Å²) in [6, 6.07) is 15.1. The fourth-order valence-corrected chi connectivity index (χ4v) is 2.83.